The van der Waals surface area contributed by atoms with E-state index in [1.165, 1.54) is 0 Å². The molecule has 0 rings (SSSR count). The van der Waals surface area contributed by atoms with Gasteiger partial charge in [0.15, 0.2) is 0 Å². The van der Waals surface area contributed by atoms with E-state index in [1.807, 2.05) is 0 Å². The van der Waals surface area contributed by atoms with E-state index in [1.54, 1.807) is 7.05 Å². The summed E-state index contributed by atoms with van der Waals surface area (Å²) in [5.74, 6) is -0.0556. The standard InChI is InChI=1S/C9H17NO/c1-7(8(11)10-5)6-9(2,3)4/h1,6H2,2-5H3,(H,10,11). The highest BCUT2D eigenvalue weighted by atomic mass is 16.1. The van der Waals surface area contributed by atoms with Crippen LogP contribution in [-0.4, -0.2) is 13.0 Å². The highest BCUT2D eigenvalue weighted by Gasteiger charge is 2.15. The lowest BCUT2D eigenvalue weighted by atomic mass is 9.88. The van der Waals surface area contributed by atoms with Crippen molar-refractivity contribution in [2.75, 3.05) is 7.05 Å². The lowest BCUT2D eigenvalue weighted by Crippen LogP contribution is -2.22. The van der Waals surface area contributed by atoms with Crippen LogP contribution in [-0.2, 0) is 4.79 Å². The quantitative estimate of drug-likeness (QED) is 0.604. The Morgan fingerprint density at radius 2 is 1.91 bits per heavy atom. The molecule has 0 aromatic rings. The summed E-state index contributed by atoms with van der Waals surface area (Å²) in [6.07, 6.45) is 0.743. The van der Waals surface area contributed by atoms with Gasteiger partial charge in [-0.05, 0) is 11.8 Å². The van der Waals surface area contributed by atoms with E-state index in [2.05, 4.69) is 32.7 Å². The van der Waals surface area contributed by atoms with Crippen LogP contribution in [0.1, 0.15) is 27.2 Å². The van der Waals surface area contributed by atoms with Gasteiger partial charge in [0.25, 0.3) is 0 Å². The second-order valence-electron chi connectivity index (χ2n) is 3.92. The van der Waals surface area contributed by atoms with Gasteiger partial charge in [0.05, 0.1) is 0 Å². The van der Waals surface area contributed by atoms with Crippen molar-refractivity contribution in [3.05, 3.63) is 12.2 Å². The van der Waals surface area contributed by atoms with Crippen molar-refractivity contribution >= 4 is 5.91 Å². The van der Waals surface area contributed by atoms with Crippen LogP contribution >= 0.6 is 0 Å². The van der Waals surface area contributed by atoms with Gasteiger partial charge < -0.3 is 5.32 Å². The minimum Gasteiger partial charge on any atom is -0.355 e. The number of carbonyl (C=O) groups is 1. The van der Waals surface area contributed by atoms with E-state index in [9.17, 15) is 4.79 Å². The van der Waals surface area contributed by atoms with Crippen molar-refractivity contribution in [1.82, 2.24) is 5.32 Å². The molecule has 0 spiro atoms. The largest absolute Gasteiger partial charge is 0.355 e. The zero-order valence-electron chi connectivity index (χ0n) is 7.82. The summed E-state index contributed by atoms with van der Waals surface area (Å²) in [7, 11) is 1.62. The first-order chi connectivity index (χ1) is 4.87. The maximum absolute atomic E-state index is 11.0. The van der Waals surface area contributed by atoms with Gasteiger partial charge in [0.2, 0.25) is 5.91 Å². The summed E-state index contributed by atoms with van der Waals surface area (Å²) in [6.45, 7) is 9.95. The molecular formula is C9H17NO. The molecular weight excluding hydrogens is 138 g/mol. The van der Waals surface area contributed by atoms with Gasteiger partial charge in [0.1, 0.15) is 0 Å². The van der Waals surface area contributed by atoms with E-state index in [0.717, 1.165) is 6.42 Å². The second kappa shape index (κ2) is 3.56. The summed E-state index contributed by atoms with van der Waals surface area (Å²) in [5.41, 5.74) is 0.795. The Kier molecular flexibility index (Phi) is 3.30. The topological polar surface area (TPSA) is 29.1 Å². The Labute approximate surface area is 68.7 Å². The Morgan fingerprint density at radius 3 is 2.18 bits per heavy atom. The molecule has 0 aliphatic carbocycles. The average Bonchev–Trinajstić information content (AvgIpc) is 1.82. The molecule has 0 atom stereocenters. The summed E-state index contributed by atoms with van der Waals surface area (Å²) >= 11 is 0. The van der Waals surface area contributed by atoms with Gasteiger partial charge in [-0.15, -0.1) is 0 Å². The number of hydrogen-bond donors (Lipinski definition) is 1. The predicted molar refractivity (Wildman–Crippen MR) is 47.3 cm³/mol. The van der Waals surface area contributed by atoms with E-state index >= 15 is 0 Å². The molecule has 1 amide bonds. The molecule has 0 radical (unpaired) electrons. The third-order valence-corrected chi connectivity index (χ3v) is 1.29. The Morgan fingerprint density at radius 1 is 1.45 bits per heavy atom. The molecule has 0 saturated heterocycles. The lowest BCUT2D eigenvalue weighted by Gasteiger charge is -2.18. The highest BCUT2D eigenvalue weighted by molar-refractivity contribution is 5.92. The molecule has 0 saturated carbocycles. The van der Waals surface area contributed by atoms with Crippen LogP contribution in [0.5, 0.6) is 0 Å². The predicted octanol–water partition coefficient (Wildman–Crippen LogP) is 1.72. The minimum atomic E-state index is -0.0556. The number of carbonyl (C=O) groups excluding carboxylic acids is 1. The molecule has 0 bridgehead atoms. The van der Waals surface area contributed by atoms with Crippen LogP contribution in [0.15, 0.2) is 12.2 Å². The van der Waals surface area contributed by atoms with Crippen molar-refractivity contribution in [3.63, 3.8) is 0 Å². The smallest absolute Gasteiger partial charge is 0.246 e. The molecule has 0 aliphatic heterocycles. The van der Waals surface area contributed by atoms with Crippen molar-refractivity contribution < 1.29 is 4.79 Å². The fraction of sp³-hybridized carbons (Fsp3) is 0.667. The zero-order valence-corrected chi connectivity index (χ0v) is 7.82. The molecule has 2 heteroatoms. The molecule has 11 heavy (non-hydrogen) atoms. The average molecular weight is 155 g/mol. The van der Waals surface area contributed by atoms with Crippen molar-refractivity contribution in [3.8, 4) is 0 Å². The first-order valence-electron chi connectivity index (χ1n) is 3.76. The second-order valence-corrected chi connectivity index (χ2v) is 3.92. The Bertz CT molecular complexity index is 165. The maximum atomic E-state index is 11.0. The van der Waals surface area contributed by atoms with Crippen LogP contribution in [0.25, 0.3) is 0 Å². The molecule has 64 valence electrons. The van der Waals surface area contributed by atoms with E-state index in [4.69, 9.17) is 0 Å². The fourth-order valence-corrected chi connectivity index (χ4v) is 0.897. The highest BCUT2D eigenvalue weighted by Crippen LogP contribution is 2.22. The summed E-state index contributed by atoms with van der Waals surface area (Å²) in [4.78, 5) is 11.0. The van der Waals surface area contributed by atoms with E-state index in [-0.39, 0.29) is 11.3 Å². The monoisotopic (exact) mass is 155 g/mol. The normalized spacial score (nSPS) is 10.9. The molecule has 1 N–H and O–H groups in total. The van der Waals surface area contributed by atoms with Gasteiger partial charge in [-0.1, -0.05) is 27.4 Å². The first-order valence-corrected chi connectivity index (χ1v) is 3.76. The van der Waals surface area contributed by atoms with Crippen molar-refractivity contribution in [2.45, 2.75) is 27.2 Å². The number of nitrogens with one attached hydrogen (secondary N) is 1. The maximum Gasteiger partial charge on any atom is 0.246 e. The van der Waals surface area contributed by atoms with Crippen LogP contribution < -0.4 is 5.32 Å². The molecule has 0 aromatic heterocycles. The molecule has 0 fully saturated rings. The van der Waals surface area contributed by atoms with Gasteiger partial charge in [-0.2, -0.15) is 0 Å². The minimum absolute atomic E-state index is 0.0556. The van der Waals surface area contributed by atoms with Gasteiger partial charge in [-0.3, -0.25) is 4.79 Å². The molecule has 2 nitrogen and oxygen atoms in total. The number of amides is 1. The van der Waals surface area contributed by atoms with Crippen molar-refractivity contribution in [1.29, 1.82) is 0 Å². The number of hydrogen-bond acceptors (Lipinski definition) is 1. The summed E-state index contributed by atoms with van der Waals surface area (Å²) in [5, 5.41) is 2.55. The summed E-state index contributed by atoms with van der Waals surface area (Å²) < 4.78 is 0. The SMILES string of the molecule is C=C(CC(C)(C)C)C(=O)NC. The lowest BCUT2D eigenvalue weighted by molar-refractivity contribution is -0.117. The van der Waals surface area contributed by atoms with E-state index < -0.39 is 0 Å². The summed E-state index contributed by atoms with van der Waals surface area (Å²) in [6, 6.07) is 0. The van der Waals surface area contributed by atoms with Gasteiger partial charge >= 0.3 is 0 Å². The number of likely N-dealkylation sites (N-methyl/N-ethyl adjacent to an activating group) is 1. The Hall–Kier alpha value is -0.790. The zero-order chi connectivity index (χ0) is 9.07. The van der Waals surface area contributed by atoms with Gasteiger partial charge in [0, 0.05) is 12.6 Å². The molecule has 0 aliphatic rings. The third-order valence-electron chi connectivity index (χ3n) is 1.29. The fourth-order valence-electron chi connectivity index (χ4n) is 0.897. The van der Waals surface area contributed by atoms with Crippen LogP contribution in [0, 0.1) is 5.41 Å². The molecule has 0 unspecified atom stereocenters. The van der Waals surface area contributed by atoms with Gasteiger partial charge in [-0.25, -0.2) is 0 Å². The third kappa shape index (κ3) is 4.59. The molecule has 0 heterocycles. The van der Waals surface area contributed by atoms with E-state index in [0.29, 0.717) is 5.57 Å². The van der Waals surface area contributed by atoms with Crippen LogP contribution in [0.4, 0.5) is 0 Å². The van der Waals surface area contributed by atoms with Crippen LogP contribution in [0.3, 0.4) is 0 Å². The number of rotatable bonds is 2. The Balaban J connectivity index is 3.99. The molecule has 0 aromatic carbocycles. The van der Waals surface area contributed by atoms with Crippen molar-refractivity contribution in [2.24, 2.45) is 5.41 Å². The first kappa shape index (κ1) is 10.2. The van der Waals surface area contributed by atoms with Crippen LogP contribution in [0.2, 0.25) is 0 Å².